The zero-order valence-electron chi connectivity index (χ0n) is 10.5. The zero-order chi connectivity index (χ0) is 12.9. The molecular weight excluding hydrogens is 250 g/mol. The van der Waals surface area contributed by atoms with Crippen LogP contribution in [0.2, 0.25) is 0 Å². The highest BCUT2D eigenvalue weighted by atomic mass is 16.2. The molecule has 2 aliphatic heterocycles. The fourth-order valence-electron chi connectivity index (χ4n) is 3.27. The maximum atomic E-state index is 12.6. The van der Waals surface area contributed by atoms with Crippen LogP contribution < -0.4 is 5.32 Å². The molecule has 20 heavy (non-hydrogen) atoms. The van der Waals surface area contributed by atoms with Crippen molar-refractivity contribution in [2.75, 3.05) is 13.1 Å². The first-order chi connectivity index (χ1) is 9.31. The Kier molecular flexibility index (Phi) is 2.91. The molecule has 4 nitrogen and oxygen atoms in total. The van der Waals surface area contributed by atoms with Gasteiger partial charge < -0.3 is 9.47 Å². The molecule has 0 aliphatic carbocycles. The van der Waals surface area contributed by atoms with Gasteiger partial charge in [-0.1, -0.05) is 37.8 Å². The number of benzene rings is 1. The van der Waals surface area contributed by atoms with E-state index in [0.29, 0.717) is 0 Å². The van der Waals surface area contributed by atoms with Crippen LogP contribution in [0.25, 0.3) is 0 Å². The molecule has 1 N–H and O–H groups in total. The van der Waals surface area contributed by atoms with Gasteiger partial charge in [-0.05, 0) is 17.7 Å². The van der Waals surface area contributed by atoms with Crippen LogP contribution in [0.15, 0.2) is 48.7 Å². The largest absolute Gasteiger partial charge is 0.339 e. The average molecular weight is 269 g/mol. The number of hydrogen-bond acceptors (Lipinski definition) is 2. The van der Waals surface area contributed by atoms with Crippen molar-refractivity contribution >= 4 is 5.91 Å². The topological polar surface area (TPSA) is 37.3 Å². The number of carbonyl (C=O) groups is 1. The van der Waals surface area contributed by atoms with Crippen LogP contribution in [0.3, 0.4) is 0 Å². The highest BCUT2D eigenvalue weighted by molar-refractivity contribution is 5.94. The van der Waals surface area contributed by atoms with Crippen LogP contribution in [-0.4, -0.2) is 28.5 Å². The minimum absolute atomic E-state index is 0. The molecular formula is C16H19N3O. The highest BCUT2D eigenvalue weighted by Gasteiger charge is 2.48. The average Bonchev–Trinajstić information content (AvgIpc) is 3.07. The Morgan fingerprint density at radius 3 is 2.70 bits per heavy atom. The fourth-order valence-corrected chi connectivity index (χ4v) is 3.27. The molecule has 1 fully saturated rings. The van der Waals surface area contributed by atoms with Gasteiger partial charge in [0.05, 0.1) is 6.54 Å². The van der Waals surface area contributed by atoms with E-state index in [1.807, 2.05) is 46.0 Å². The molecule has 0 bridgehead atoms. The Hall–Kier alpha value is -2.07. The van der Waals surface area contributed by atoms with Crippen LogP contribution in [0.1, 0.15) is 23.5 Å². The molecule has 1 atom stereocenters. The summed E-state index contributed by atoms with van der Waals surface area (Å²) in [4.78, 5) is 14.6. The van der Waals surface area contributed by atoms with Crippen molar-refractivity contribution in [3.63, 3.8) is 0 Å². The van der Waals surface area contributed by atoms with E-state index in [1.165, 1.54) is 0 Å². The minimum atomic E-state index is -0.385. The van der Waals surface area contributed by atoms with Crippen molar-refractivity contribution < 1.29 is 4.79 Å². The summed E-state index contributed by atoms with van der Waals surface area (Å²) in [5.41, 5.74) is 1.56. The predicted octanol–water partition coefficient (Wildman–Crippen LogP) is 2.04. The molecule has 4 heteroatoms. The number of fused-ring (bicyclic) bond motifs is 2. The Balaban J connectivity index is 0.00000121. The smallest absolute Gasteiger partial charge is 0.272 e. The van der Waals surface area contributed by atoms with Crippen LogP contribution >= 0.6 is 0 Å². The molecule has 1 unspecified atom stereocenters. The second-order valence-corrected chi connectivity index (χ2v) is 5.13. The zero-order valence-corrected chi connectivity index (χ0v) is 10.5. The van der Waals surface area contributed by atoms with Crippen molar-refractivity contribution in [1.82, 2.24) is 14.8 Å². The highest BCUT2D eigenvalue weighted by Crippen LogP contribution is 2.36. The van der Waals surface area contributed by atoms with E-state index in [0.717, 1.165) is 30.9 Å². The molecule has 4 rings (SSSR count). The maximum absolute atomic E-state index is 12.6. The van der Waals surface area contributed by atoms with Gasteiger partial charge in [-0.2, -0.15) is 0 Å². The molecule has 3 heterocycles. The summed E-state index contributed by atoms with van der Waals surface area (Å²) >= 11 is 0. The molecule has 2 aliphatic rings. The van der Waals surface area contributed by atoms with Gasteiger partial charge in [-0.3, -0.25) is 10.1 Å². The predicted molar refractivity (Wildman–Crippen MR) is 78.3 cm³/mol. The van der Waals surface area contributed by atoms with Crippen molar-refractivity contribution in [2.45, 2.75) is 19.6 Å². The lowest BCUT2D eigenvalue weighted by Crippen LogP contribution is -2.57. The number of carbonyl (C=O) groups excluding carboxylic acids is 1. The molecule has 2 aromatic rings. The van der Waals surface area contributed by atoms with Crippen molar-refractivity contribution in [1.29, 1.82) is 0 Å². The van der Waals surface area contributed by atoms with Gasteiger partial charge >= 0.3 is 0 Å². The number of aromatic nitrogens is 1. The standard InChI is InChI=1S/C15H15N3O.CH4/c19-14-13-7-4-9-17(13)11-15(16-8-10-18(14)15)12-5-2-1-3-6-12;/h1-7,9,16H,8,10-11H2;1H4. The van der Waals surface area contributed by atoms with Gasteiger partial charge in [0.25, 0.3) is 5.91 Å². The third kappa shape index (κ3) is 1.55. The third-order valence-electron chi connectivity index (χ3n) is 4.16. The Labute approximate surface area is 119 Å². The second kappa shape index (κ2) is 4.49. The summed E-state index contributed by atoms with van der Waals surface area (Å²) in [5, 5.41) is 3.53. The molecule has 104 valence electrons. The summed E-state index contributed by atoms with van der Waals surface area (Å²) in [6, 6.07) is 14.1. The molecule has 0 spiro atoms. The number of nitrogens with one attached hydrogen (secondary N) is 1. The molecule has 1 aromatic carbocycles. The van der Waals surface area contributed by atoms with Crippen molar-refractivity contribution in [3.8, 4) is 0 Å². The number of amides is 1. The van der Waals surface area contributed by atoms with Crippen LogP contribution in [0.4, 0.5) is 0 Å². The summed E-state index contributed by atoms with van der Waals surface area (Å²) in [7, 11) is 0. The Morgan fingerprint density at radius 2 is 1.90 bits per heavy atom. The fraction of sp³-hybridized carbons (Fsp3) is 0.312. The number of nitrogens with zero attached hydrogens (tertiary/aromatic N) is 2. The molecule has 1 saturated heterocycles. The van der Waals surface area contributed by atoms with Gasteiger partial charge in [-0.15, -0.1) is 0 Å². The first kappa shape index (κ1) is 12.9. The first-order valence-corrected chi connectivity index (χ1v) is 6.59. The number of hydrogen-bond donors (Lipinski definition) is 1. The summed E-state index contributed by atoms with van der Waals surface area (Å²) in [6.07, 6.45) is 1.98. The van der Waals surface area contributed by atoms with E-state index in [2.05, 4.69) is 17.4 Å². The maximum Gasteiger partial charge on any atom is 0.272 e. The van der Waals surface area contributed by atoms with Gasteiger partial charge in [0, 0.05) is 19.3 Å². The lowest BCUT2D eigenvalue weighted by molar-refractivity contribution is 0.0398. The van der Waals surface area contributed by atoms with Gasteiger partial charge in [0.2, 0.25) is 0 Å². The molecule has 0 saturated carbocycles. The van der Waals surface area contributed by atoms with Crippen molar-refractivity contribution in [2.24, 2.45) is 0 Å². The van der Waals surface area contributed by atoms with E-state index in [9.17, 15) is 4.79 Å². The normalized spacial score (nSPS) is 24.0. The lowest BCUT2D eigenvalue weighted by atomic mass is 9.96. The van der Waals surface area contributed by atoms with Crippen LogP contribution in [0, 0.1) is 0 Å². The molecule has 1 amide bonds. The van der Waals surface area contributed by atoms with E-state index >= 15 is 0 Å². The Bertz CT molecular complexity index is 634. The summed E-state index contributed by atoms with van der Waals surface area (Å²) in [6.45, 7) is 2.37. The van der Waals surface area contributed by atoms with Crippen molar-refractivity contribution in [3.05, 3.63) is 59.9 Å². The van der Waals surface area contributed by atoms with Crippen LogP contribution in [-0.2, 0) is 12.2 Å². The van der Waals surface area contributed by atoms with Gasteiger partial charge in [0.1, 0.15) is 11.4 Å². The molecule has 1 aromatic heterocycles. The lowest BCUT2D eigenvalue weighted by Gasteiger charge is -2.42. The SMILES string of the molecule is C.O=C1c2cccn2CC2(c3ccccc3)NCCN12. The molecule has 0 radical (unpaired) electrons. The third-order valence-corrected chi connectivity index (χ3v) is 4.16. The van der Waals surface area contributed by atoms with E-state index in [1.54, 1.807) is 0 Å². The summed E-state index contributed by atoms with van der Waals surface area (Å²) < 4.78 is 2.05. The van der Waals surface area contributed by atoms with E-state index in [4.69, 9.17) is 0 Å². The van der Waals surface area contributed by atoms with Gasteiger partial charge in [0.15, 0.2) is 0 Å². The van der Waals surface area contributed by atoms with E-state index < -0.39 is 0 Å². The van der Waals surface area contributed by atoms with E-state index in [-0.39, 0.29) is 19.0 Å². The van der Waals surface area contributed by atoms with Gasteiger partial charge in [-0.25, -0.2) is 0 Å². The first-order valence-electron chi connectivity index (χ1n) is 6.59. The summed E-state index contributed by atoms with van der Waals surface area (Å²) in [5.74, 6) is 0.116. The Morgan fingerprint density at radius 1 is 1.10 bits per heavy atom. The monoisotopic (exact) mass is 269 g/mol. The van der Waals surface area contributed by atoms with Crippen LogP contribution in [0.5, 0.6) is 0 Å². The minimum Gasteiger partial charge on any atom is -0.339 e. The second-order valence-electron chi connectivity index (χ2n) is 5.13. The number of rotatable bonds is 1. The quantitative estimate of drug-likeness (QED) is 0.860.